The molecule has 0 bridgehead atoms. The molecule has 0 aliphatic carbocycles. The molecular weight excluding hydrogens is 318 g/mol. The summed E-state index contributed by atoms with van der Waals surface area (Å²) < 4.78 is 43.2. The Kier molecular flexibility index (Phi) is 5.21. The van der Waals surface area contributed by atoms with E-state index in [1.165, 1.54) is 6.92 Å². The normalized spacial score (nSPS) is 12.0. The van der Waals surface area contributed by atoms with E-state index in [0.29, 0.717) is 0 Å². The zero-order chi connectivity index (χ0) is 17.3. The van der Waals surface area contributed by atoms with Crippen LogP contribution >= 0.6 is 0 Å². The number of esters is 1. The summed E-state index contributed by atoms with van der Waals surface area (Å²) in [5.74, 6) is -1.37. The van der Waals surface area contributed by atoms with E-state index in [2.05, 4.69) is 4.18 Å². The van der Waals surface area contributed by atoms with E-state index in [1.807, 2.05) is 0 Å². The molecule has 0 aromatic heterocycles. The van der Waals surface area contributed by atoms with Crippen LogP contribution in [-0.2, 0) is 15.2 Å². The van der Waals surface area contributed by atoms with Crippen molar-refractivity contribution in [2.24, 2.45) is 0 Å². The van der Waals surface area contributed by atoms with Gasteiger partial charge in [-0.05, 0) is 45.3 Å². The van der Waals surface area contributed by atoms with Gasteiger partial charge in [0.05, 0.1) is 5.56 Å². The van der Waals surface area contributed by atoms with Gasteiger partial charge in [0.15, 0.2) is 0 Å². The maximum absolute atomic E-state index is 12.7. The molecule has 0 aliphatic heterocycles. The number of carbonyl (C=O) groups is 1. The van der Waals surface area contributed by atoms with Crippen LogP contribution in [0.3, 0.4) is 0 Å². The predicted molar refractivity (Wildman–Crippen MR) is 76.8 cm³/mol. The Hall–Kier alpha value is -1.65. The fraction of sp³-hybridized carbons (Fsp3) is 0.417. The second-order valence-electron chi connectivity index (χ2n) is 5.54. The van der Waals surface area contributed by atoms with Gasteiger partial charge in [0.2, 0.25) is 0 Å². The Morgan fingerprint density at radius 1 is 1.27 bits per heavy atom. The van der Waals surface area contributed by atoms with Crippen LogP contribution in [-0.4, -0.2) is 37.2 Å². The van der Waals surface area contributed by atoms with E-state index < -0.39 is 34.9 Å². The second-order valence-corrected chi connectivity index (χ2v) is 6.50. The number of hydrogen-bond acceptors (Lipinski definition) is 7. The van der Waals surface area contributed by atoms with Crippen molar-refractivity contribution >= 4 is 29.1 Å². The topological polar surface area (TPSA) is 110 Å². The maximum atomic E-state index is 12.7. The van der Waals surface area contributed by atoms with Crippen LogP contribution in [0, 0.1) is 6.92 Å². The van der Waals surface area contributed by atoms with E-state index in [9.17, 15) is 27.1 Å². The molecule has 22 heavy (non-hydrogen) atoms. The van der Waals surface area contributed by atoms with Gasteiger partial charge in [-0.25, -0.2) is 4.79 Å². The van der Waals surface area contributed by atoms with Crippen LogP contribution in [0.25, 0.3) is 0 Å². The van der Waals surface area contributed by atoms with Crippen LogP contribution in [0.1, 0.15) is 36.7 Å². The van der Waals surface area contributed by atoms with Crippen LogP contribution in [0.4, 0.5) is 3.89 Å². The van der Waals surface area contributed by atoms with Gasteiger partial charge in [0.1, 0.15) is 11.4 Å². The molecule has 0 heterocycles. The van der Waals surface area contributed by atoms with E-state index in [0.717, 1.165) is 12.1 Å². The van der Waals surface area contributed by atoms with Gasteiger partial charge >= 0.3 is 23.6 Å². The van der Waals surface area contributed by atoms with Crippen molar-refractivity contribution < 1.29 is 36.1 Å². The highest BCUT2D eigenvalue weighted by Gasteiger charge is 2.25. The Morgan fingerprint density at radius 3 is 2.23 bits per heavy atom. The number of ether oxygens (including phenoxy) is 1. The van der Waals surface area contributed by atoms with E-state index in [-0.39, 0.29) is 16.6 Å². The molecule has 0 atom stereocenters. The van der Waals surface area contributed by atoms with Gasteiger partial charge in [-0.15, -0.1) is 0 Å². The largest absolute Gasteiger partial charge is 0.488 e. The Labute approximate surface area is 128 Å². The smallest absolute Gasteiger partial charge is 0.456 e. The minimum Gasteiger partial charge on any atom is -0.456 e. The molecule has 0 saturated carbocycles. The molecule has 1 aromatic rings. The molecule has 1 rings (SSSR count). The summed E-state index contributed by atoms with van der Waals surface area (Å²) in [7, 11) is -7.34. The number of halogens is 1. The van der Waals surface area contributed by atoms with Crippen LogP contribution in [0.15, 0.2) is 12.1 Å². The first kappa shape index (κ1) is 18.4. The van der Waals surface area contributed by atoms with E-state index >= 15 is 0 Å². The average molecular weight is 334 g/mol. The molecule has 7 nitrogen and oxygen atoms in total. The summed E-state index contributed by atoms with van der Waals surface area (Å²) in [4.78, 5) is 12.1. The fourth-order valence-corrected chi connectivity index (χ4v) is 1.98. The van der Waals surface area contributed by atoms with Crippen molar-refractivity contribution in [3.8, 4) is 5.75 Å². The number of benzene rings is 1. The lowest BCUT2D eigenvalue weighted by Gasteiger charge is -2.21. The van der Waals surface area contributed by atoms with Gasteiger partial charge in [0, 0.05) is 5.56 Å². The molecule has 0 saturated heterocycles. The lowest BCUT2D eigenvalue weighted by Crippen LogP contribution is -2.32. The molecular formula is C12H16BFO7S. The quantitative estimate of drug-likeness (QED) is 0.460. The summed E-state index contributed by atoms with van der Waals surface area (Å²) in [5.41, 5.74) is -1.26. The van der Waals surface area contributed by atoms with Gasteiger partial charge in [-0.3, -0.25) is 0 Å². The van der Waals surface area contributed by atoms with Crippen molar-refractivity contribution in [3.63, 3.8) is 0 Å². The minimum absolute atomic E-state index is 0.0140. The standard InChI is InChI=1S/C12H16BFO7S/c1-7-9(11(15)20-12(2,3)4)5-8(13(16)17)6-10(7)21-22(14,18)19/h5-6,16-17H,1-4H3. The third-order valence-corrected chi connectivity index (χ3v) is 2.87. The Morgan fingerprint density at radius 2 is 1.82 bits per heavy atom. The molecule has 0 unspecified atom stereocenters. The lowest BCUT2D eigenvalue weighted by atomic mass is 9.78. The first-order valence-electron chi connectivity index (χ1n) is 6.18. The summed E-state index contributed by atoms with van der Waals surface area (Å²) >= 11 is 0. The summed E-state index contributed by atoms with van der Waals surface area (Å²) in [6.45, 7) is 6.17. The zero-order valence-electron chi connectivity index (χ0n) is 12.5. The summed E-state index contributed by atoms with van der Waals surface area (Å²) in [5, 5.41) is 18.4. The van der Waals surface area contributed by atoms with Crippen molar-refractivity contribution in [2.75, 3.05) is 0 Å². The summed E-state index contributed by atoms with van der Waals surface area (Å²) in [6.07, 6.45) is 0. The fourth-order valence-electron chi connectivity index (χ4n) is 1.60. The highest BCUT2D eigenvalue weighted by molar-refractivity contribution is 7.81. The molecule has 122 valence electrons. The SMILES string of the molecule is Cc1c(OS(=O)(=O)F)cc(B(O)O)cc1C(=O)OC(C)(C)C. The predicted octanol–water partition coefficient (Wildman–Crippen LogP) is 0.223. The van der Waals surface area contributed by atoms with Crippen molar-refractivity contribution in [1.82, 2.24) is 0 Å². The Balaban J connectivity index is 3.40. The highest BCUT2D eigenvalue weighted by Crippen LogP contribution is 2.24. The van der Waals surface area contributed by atoms with Crippen LogP contribution in [0.5, 0.6) is 5.75 Å². The third-order valence-electron chi connectivity index (χ3n) is 2.49. The second kappa shape index (κ2) is 6.23. The van der Waals surface area contributed by atoms with Crippen molar-refractivity contribution in [1.29, 1.82) is 0 Å². The van der Waals surface area contributed by atoms with Gasteiger partial charge < -0.3 is 19.0 Å². The first-order chi connectivity index (χ1) is 9.80. The molecule has 0 aliphatic rings. The van der Waals surface area contributed by atoms with Crippen LogP contribution < -0.4 is 9.65 Å². The van der Waals surface area contributed by atoms with Gasteiger partial charge in [0.25, 0.3) is 0 Å². The molecule has 0 fully saturated rings. The highest BCUT2D eigenvalue weighted by atomic mass is 32.3. The molecule has 1 aromatic carbocycles. The Bertz CT molecular complexity index is 679. The van der Waals surface area contributed by atoms with Crippen molar-refractivity contribution in [3.05, 3.63) is 23.3 Å². The first-order valence-corrected chi connectivity index (χ1v) is 7.49. The lowest BCUT2D eigenvalue weighted by molar-refractivity contribution is 0.00684. The van der Waals surface area contributed by atoms with Gasteiger partial charge in [-0.2, -0.15) is 8.42 Å². The van der Waals surface area contributed by atoms with E-state index in [4.69, 9.17) is 4.74 Å². The molecule has 2 N–H and O–H groups in total. The number of rotatable bonds is 4. The maximum Gasteiger partial charge on any atom is 0.488 e. The minimum atomic E-state index is -5.34. The molecule has 0 amide bonds. The third kappa shape index (κ3) is 5.28. The molecule has 10 heteroatoms. The zero-order valence-corrected chi connectivity index (χ0v) is 13.3. The molecule has 0 radical (unpaired) electrons. The monoisotopic (exact) mass is 334 g/mol. The number of hydrogen-bond donors (Lipinski definition) is 2. The van der Waals surface area contributed by atoms with Gasteiger partial charge in [-0.1, -0.05) is 3.89 Å². The average Bonchev–Trinajstić information content (AvgIpc) is 2.27. The number of carbonyl (C=O) groups excluding carboxylic acids is 1. The van der Waals surface area contributed by atoms with Crippen molar-refractivity contribution in [2.45, 2.75) is 33.3 Å². The molecule has 0 spiro atoms. The van der Waals surface area contributed by atoms with Crippen LogP contribution in [0.2, 0.25) is 0 Å². The summed E-state index contributed by atoms with van der Waals surface area (Å²) in [6, 6.07) is 2.01. The van der Waals surface area contributed by atoms with E-state index in [1.54, 1.807) is 20.8 Å².